The van der Waals surface area contributed by atoms with Crippen LogP contribution in [0.5, 0.6) is 0 Å². The average Bonchev–Trinajstić information content (AvgIpc) is 2.61. The Morgan fingerprint density at radius 3 is 2.21 bits per heavy atom. The van der Waals surface area contributed by atoms with E-state index in [4.69, 9.17) is 0 Å². The highest BCUT2D eigenvalue weighted by Crippen LogP contribution is 2.22. The van der Waals surface area contributed by atoms with Crippen LogP contribution < -0.4 is 0 Å². The smallest absolute Gasteiger partial charge is 0.254 e. The third-order valence-electron chi connectivity index (χ3n) is 4.81. The molecule has 1 aromatic rings. The number of amides is 2. The molecule has 1 aromatic carbocycles. The molecule has 1 aliphatic heterocycles. The van der Waals surface area contributed by atoms with Crippen molar-refractivity contribution in [3.8, 4) is 0 Å². The van der Waals surface area contributed by atoms with E-state index in [0.29, 0.717) is 13.1 Å². The fraction of sp³-hybridized carbons (Fsp3) is 0.600. The molecule has 1 saturated heterocycles. The first-order valence-corrected chi connectivity index (χ1v) is 9.22. The molecule has 0 aromatic heterocycles. The van der Waals surface area contributed by atoms with E-state index in [9.17, 15) is 9.59 Å². The van der Waals surface area contributed by atoms with Gasteiger partial charge in [-0.1, -0.05) is 32.0 Å². The maximum atomic E-state index is 12.7. The van der Waals surface area contributed by atoms with E-state index in [1.807, 2.05) is 41.0 Å². The lowest BCUT2D eigenvalue weighted by atomic mass is 9.94. The van der Waals surface area contributed by atoms with Gasteiger partial charge >= 0.3 is 0 Å². The summed E-state index contributed by atoms with van der Waals surface area (Å²) in [4.78, 5) is 29.3. The number of nitrogens with zero attached hydrogens (tertiary/aromatic N) is 2. The maximum Gasteiger partial charge on any atom is 0.254 e. The van der Waals surface area contributed by atoms with E-state index in [1.165, 1.54) is 0 Å². The third kappa shape index (κ3) is 4.37. The zero-order valence-corrected chi connectivity index (χ0v) is 15.3. The van der Waals surface area contributed by atoms with Gasteiger partial charge in [-0.3, -0.25) is 9.59 Å². The Bertz CT molecular complexity index is 557. The Balaban J connectivity index is 1.94. The summed E-state index contributed by atoms with van der Waals surface area (Å²) in [6.45, 7) is 9.23. The number of rotatable bonds is 6. The van der Waals surface area contributed by atoms with E-state index >= 15 is 0 Å². The van der Waals surface area contributed by atoms with Crippen LogP contribution in [0.3, 0.4) is 0 Å². The van der Waals surface area contributed by atoms with Gasteiger partial charge in [0.1, 0.15) is 0 Å². The second kappa shape index (κ2) is 8.86. The molecule has 24 heavy (non-hydrogen) atoms. The Morgan fingerprint density at radius 2 is 1.67 bits per heavy atom. The molecule has 4 heteroatoms. The zero-order chi connectivity index (χ0) is 17.5. The number of hydrogen-bond acceptors (Lipinski definition) is 2. The molecule has 1 fully saturated rings. The van der Waals surface area contributed by atoms with Crippen LogP contribution >= 0.6 is 0 Å². The lowest BCUT2D eigenvalue weighted by Crippen LogP contribution is -2.45. The largest absolute Gasteiger partial charge is 0.342 e. The van der Waals surface area contributed by atoms with Crippen molar-refractivity contribution in [3.63, 3.8) is 0 Å². The molecule has 2 rings (SSSR count). The minimum absolute atomic E-state index is 0.0732. The van der Waals surface area contributed by atoms with Crippen LogP contribution in [0.2, 0.25) is 0 Å². The van der Waals surface area contributed by atoms with Crippen LogP contribution in [-0.2, 0) is 4.79 Å². The van der Waals surface area contributed by atoms with Crippen LogP contribution in [0.15, 0.2) is 24.3 Å². The molecule has 0 unspecified atom stereocenters. The van der Waals surface area contributed by atoms with Gasteiger partial charge < -0.3 is 9.80 Å². The second-order valence-electron chi connectivity index (χ2n) is 6.71. The molecule has 0 N–H and O–H groups in total. The number of likely N-dealkylation sites (tertiary alicyclic amines) is 1. The van der Waals surface area contributed by atoms with Gasteiger partial charge in [-0.25, -0.2) is 0 Å². The Hall–Kier alpha value is -1.84. The first-order chi connectivity index (χ1) is 11.6. The molecule has 4 nitrogen and oxygen atoms in total. The first-order valence-electron chi connectivity index (χ1n) is 9.22. The zero-order valence-electron chi connectivity index (χ0n) is 15.3. The van der Waals surface area contributed by atoms with Gasteiger partial charge in [0.05, 0.1) is 0 Å². The van der Waals surface area contributed by atoms with Crippen molar-refractivity contribution in [2.45, 2.75) is 46.5 Å². The van der Waals surface area contributed by atoms with Gasteiger partial charge in [-0.05, 0) is 44.2 Å². The molecule has 0 atom stereocenters. The summed E-state index contributed by atoms with van der Waals surface area (Å²) in [6, 6.07) is 7.72. The number of carbonyl (C=O) groups is 2. The van der Waals surface area contributed by atoms with Crippen LogP contribution in [0.4, 0.5) is 0 Å². The monoisotopic (exact) mass is 330 g/mol. The summed E-state index contributed by atoms with van der Waals surface area (Å²) in [5.74, 6) is 0.448. The van der Waals surface area contributed by atoms with Crippen molar-refractivity contribution >= 4 is 11.8 Å². The highest BCUT2D eigenvalue weighted by Gasteiger charge is 2.30. The van der Waals surface area contributed by atoms with Crippen LogP contribution in [-0.4, -0.2) is 47.8 Å². The van der Waals surface area contributed by atoms with Gasteiger partial charge in [0, 0.05) is 37.7 Å². The SMILES string of the molecule is CCCN(CCC)C(=O)C1CCN(C(=O)c2ccccc2C)CC1. The maximum absolute atomic E-state index is 12.7. The molecular weight excluding hydrogens is 300 g/mol. The van der Waals surface area contributed by atoms with Gasteiger partial charge in [-0.2, -0.15) is 0 Å². The van der Waals surface area contributed by atoms with Crippen molar-refractivity contribution < 1.29 is 9.59 Å². The van der Waals surface area contributed by atoms with Crippen LogP contribution in [0.1, 0.15) is 55.5 Å². The Kier molecular flexibility index (Phi) is 6.83. The van der Waals surface area contributed by atoms with E-state index in [2.05, 4.69) is 13.8 Å². The highest BCUT2D eigenvalue weighted by atomic mass is 16.2. The third-order valence-corrected chi connectivity index (χ3v) is 4.81. The van der Waals surface area contributed by atoms with Crippen molar-refractivity contribution in [2.24, 2.45) is 5.92 Å². The van der Waals surface area contributed by atoms with Crippen molar-refractivity contribution in [1.82, 2.24) is 9.80 Å². The van der Waals surface area contributed by atoms with E-state index in [0.717, 1.165) is 49.9 Å². The fourth-order valence-corrected chi connectivity index (χ4v) is 3.44. The molecule has 1 heterocycles. The van der Waals surface area contributed by atoms with Gasteiger partial charge in [0.15, 0.2) is 0 Å². The number of piperidine rings is 1. The van der Waals surface area contributed by atoms with Crippen molar-refractivity contribution in [2.75, 3.05) is 26.2 Å². The summed E-state index contributed by atoms with van der Waals surface area (Å²) in [7, 11) is 0. The van der Waals surface area contributed by atoms with Crippen molar-refractivity contribution in [1.29, 1.82) is 0 Å². The second-order valence-corrected chi connectivity index (χ2v) is 6.71. The molecule has 0 saturated carbocycles. The predicted octanol–water partition coefficient (Wildman–Crippen LogP) is 3.50. The fourth-order valence-electron chi connectivity index (χ4n) is 3.44. The summed E-state index contributed by atoms with van der Waals surface area (Å²) in [5, 5.41) is 0. The Morgan fingerprint density at radius 1 is 1.08 bits per heavy atom. The molecule has 0 spiro atoms. The Labute approximate surface area is 145 Å². The standard InChI is InChI=1S/C20H30N2O2/c1-4-12-21(13-5-2)19(23)17-10-14-22(15-11-17)20(24)18-9-7-6-8-16(18)3/h6-9,17H,4-5,10-15H2,1-3H3. The molecule has 2 amide bonds. The summed E-state index contributed by atoms with van der Waals surface area (Å²) >= 11 is 0. The lowest BCUT2D eigenvalue weighted by molar-refractivity contribution is -0.137. The van der Waals surface area contributed by atoms with Crippen molar-refractivity contribution in [3.05, 3.63) is 35.4 Å². The number of hydrogen-bond donors (Lipinski definition) is 0. The van der Waals surface area contributed by atoms with Crippen LogP contribution in [0.25, 0.3) is 0 Å². The molecule has 1 aliphatic rings. The minimum atomic E-state index is 0.0732. The molecule has 132 valence electrons. The molecule has 0 aliphatic carbocycles. The molecule has 0 bridgehead atoms. The van der Waals surface area contributed by atoms with Gasteiger partial charge in [0.25, 0.3) is 5.91 Å². The van der Waals surface area contributed by atoms with E-state index in [1.54, 1.807) is 0 Å². The predicted molar refractivity (Wildman–Crippen MR) is 97.0 cm³/mol. The molecular formula is C20H30N2O2. The van der Waals surface area contributed by atoms with Gasteiger partial charge in [0.2, 0.25) is 5.91 Å². The van der Waals surface area contributed by atoms with E-state index in [-0.39, 0.29) is 17.7 Å². The molecule has 0 radical (unpaired) electrons. The number of benzene rings is 1. The normalized spacial score (nSPS) is 15.4. The first kappa shape index (κ1) is 18.5. The quantitative estimate of drug-likeness (QED) is 0.801. The topological polar surface area (TPSA) is 40.6 Å². The van der Waals surface area contributed by atoms with Gasteiger partial charge in [-0.15, -0.1) is 0 Å². The summed E-state index contributed by atoms with van der Waals surface area (Å²) in [6.07, 6.45) is 3.55. The minimum Gasteiger partial charge on any atom is -0.342 e. The lowest BCUT2D eigenvalue weighted by Gasteiger charge is -2.34. The average molecular weight is 330 g/mol. The van der Waals surface area contributed by atoms with Crippen LogP contribution in [0, 0.1) is 12.8 Å². The van der Waals surface area contributed by atoms with E-state index < -0.39 is 0 Å². The number of aryl methyl sites for hydroxylation is 1. The summed E-state index contributed by atoms with van der Waals surface area (Å²) < 4.78 is 0. The highest BCUT2D eigenvalue weighted by molar-refractivity contribution is 5.95. The summed E-state index contributed by atoms with van der Waals surface area (Å²) in [5.41, 5.74) is 1.79. The number of carbonyl (C=O) groups excluding carboxylic acids is 2.